The second-order valence-corrected chi connectivity index (χ2v) is 4.61. The summed E-state index contributed by atoms with van der Waals surface area (Å²) in [6, 6.07) is 0.541. The second-order valence-electron chi connectivity index (χ2n) is 4.61. The van der Waals surface area contributed by atoms with Crippen molar-refractivity contribution in [2.75, 3.05) is 5.32 Å². The van der Waals surface area contributed by atoms with Crippen molar-refractivity contribution in [1.82, 2.24) is 9.97 Å². The van der Waals surface area contributed by atoms with Gasteiger partial charge in [0.1, 0.15) is 0 Å². The Morgan fingerprint density at radius 3 is 2.56 bits per heavy atom. The molecular formula is C12H19N3O. The number of hydrogen-bond donors (Lipinski definition) is 2. The maximum absolute atomic E-state index is 11.2. The zero-order valence-electron chi connectivity index (χ0n) is 9.97. The van der Waals surface area contributed by atoms with Crippen molar-refractivity contribution in [3.63, 3.8) is 0 Å². The van der Waals surface area contributed by atoms with Gasteiger partial charge in [-0.25, -0.2) is 4.79 Å². The van der Waals surface area contributed by atoms with E-state index >= 15 is 0 Å². The van der Waals surface area contributed by atoms with Gasteiger partial charge in [0.2, 0.25) is 0 Å². The predicted molar refractivity (Wildman–Crippen MR) is 64.8 cm³/mol. The summed E-state index contributed by atoms with van der Waals surface area (Å²) in [4.78, 5) is 17.8. The molecule has 0 atom stereocenters. The molecule has 0 spiro atoms. The Balaban J connectivity index is 2.17. The van der Waals surface area contributed by atoms with Crippen LogP contribution in [0.15, 0.2) is 4.79 Å². The normalized spacial score (nSPS) is 17.4. The lowest BCUT2D eigenvalue weighted by Gasteiger charge is -2.25. The topological polar surface area (TPSA) is 57.8 Å². The van der Waals surface area contributed by atoms with E-state index in [2.05, 4.69) is 15.3 Å². The van der Waals surface area contributed by atoms with Gasteiger partial charge in [0.25, 0.3) is 0 Å². The fraction of sp³-hybridized carbons (Fsp3) is 0.667. The Labute approximate surface area is 95.5 Å². The summed E-state index contributed by atoms with van der Waals surface area (Å²) in [5, 5.41) is 3.51. The van der Waals surface area contributed by atoms with Crippen LogP contribution in [0, 0.1) is 13.8 Å². The molecule has 4 heteroatoms. The molecule has 88 valence electrons. The van der Waals surface area contributed by atoms with Gasteiger partial charge in [-0.05, 0) is 26.7 Å². The lowest BCUT2D eigenvalue weighted by Crippen LogP contribution is -2.25. The van der Waals surface area contributed by atoms with Crippen molar-refractivity contribution in [1.29, 1.82) is 0 Å². The molecule has 0 bridgehead atoms. The summed E-state index contributed by atoms with van der Waals surface area (Å²) in [7, 11) is 0. The van der Waals surface area contributed by atoms with E-state index in [4.69, 9.17) is 0 Å². The number of nitrogens with one attached hydrogen (secondary N) is 2. The summed E-state index contributed by atoms with van der Waals surface area (Å²) < 4.78 is 0. The zero-order chi connectivity index (χ0) is 11.5. The van der Waals surface area contributed by atoms with E-state index in [9.17, 15) is 4.79 Å². The number of nitrogens with zero attached hydrogens (tertiary/aromatic N) is 1. The quantitative estimate of drug-likeness (QED) is 0.804. The molecular weight excluding hydrogens is 202 g/mol. The molecule has 1 aromatic rings. The van der Waals surface area contributed by atoms with Crippen LogP contribution in [-0.2, 0) is 0 Å². The Morgan fingerprint density at radius 2 is 1.94 bits per heavy atom. The maximum atomic E-state index is 11.2. The Hall–Kier alpha value is -1.32. The number of aromatic amines is 1. The van der Waals surface area contributed by atoms with Crippen molar-refractivity contribution in [2.45, 2.75) is 52.0 Å². The molecule has 0 amide bonds. The summed E-state index contributed by atoms with van der Waals surface area (Å²) in [6.07, 6.45) is 6.38. The van der Waals surface area contributed by atoms with Gasteiger partial charge in [-0.1, -0.05) is 19.3 Å². The fourth-order valence-corrected chi connectivity index (χ4v) is 2.39. The van der Waals surface area contributed by atoms with Gasteiger partial charge in [0.15, 0.2) is 0 Å². The minimum Gasteiger partial charge on any atom is -0.379 e. The molecule has 1 fully saturated rings. The first-order valence-corrected chi connectivity index (χ1v) is 6.01. The Kier molecular flexibility index (Phi) is 3.27. The zero-order valence-corrected chi connectivity index (χ0v) is 9.97. The first-order valence-electron chi connectivity index (χ1n) is 6.01. The van der Waals surface area contributed by atoms with Crippen molar-refractivity contribution < 1.29 is 0 Å². The molecule has 0 saturated heterocycles. The molecule has 0 unspecified atom stereocenters. The average Bonchev–Trinajstić information content (AvgIpc) is 2.25. The third-order valence-corrected chi connectivity index (χ3v) is 3.25. The van der Waals surface area contributed by atoms with Crippen LogP contribution in [0.5, 0.6) is 0 Å². The standard InChI is InChI=1S/C12H19N3O/c1-8-11(9(2)14-12(16)13-8)15-10-6-4-3-5-7-10/h10,15H,3-7H2,1-2H3,(H,13,14,16). The Bertz CT molecular complexity index is 393. The molecule has 4 nitrogen and oxygen atoms in total. The molecule has 2 N–H and O–H groups in total. The monoisotopic (exact) mass is 221 g/mol. The van der Waals surface area contributed by atoms with Gasteiger partial charge in [-0.15, -0.1) is 0 Å². The number of anilines is 1. The maximum Gasteiger partial charge on any atom is 0.345 e. The number of H-pyrrole nitrogens is 1. The van der Waals surface area contributed by atoms with Crippen LogP contribution >= 0.6 is 0 Å². The fourth-order valence-electron chi connectivity index (χ4n) is 2.39. The van der Waals surface area contributed by atoms with Gasteiger partial charge in [0.05, 0.1) is 11.4 Å². The van der Waals surface area contributed by atoms with Crippen molar-refractivity contribution >= 4 is 5.69 Å². The van der Waals surface area contributed by atoms with Crippen LogP contribution in [0.2, 0.25) is 0 Å². The van der Waals surface area contributed by atoms with E-state index < -0.39 is 0 Å². The SMILES string of the molecule is Cc1nc(=O)[nH]c(C)c1NC1CCCCC1. The van der Waals surface area contributed by atoms with Crippen LogP contribution in [0.3, 0.4) is 0 Å². The summed E-state index contributed by atoms with van der Waals surface area (Å²) in [5.74, 6) is 0. The van der Waals surface area contributed by atoms with Gasteiger partial charge < -0.3 is 10.3 Å². The van der Waals surface area contributed by atoms with E-state index in [1.165, 1.54) is 32.1 Å². The van der Waals surface area contributed by atoms with E-state index in [1.54, 1.807) is 0 Å². The average molecular weight is 221 g/mol. The minimum atomic E-state index is -0.260. The van der Waals surface area contributed by atoms with Gasteiger partial charge in [-0.3, -0.25) is 0 Å². The van der Waals surface area contributed by atoms with Crippen molar-refractivity contribution in [3.8, 4) is 0 Å². The Morgan fingerprint density at radius 1 is 1.25 bits per heavy atom. The molecule has 1 heterocycles. The van der Waals surface area contributed by atoms with Crippen LogP contribution in [-0.4, -0.2) is 16.0 Å². The first-order chi connectivity index (χ1) is 7.66. The van der Waals surface area contributed by atoms with Crippen LogP contribution in [0.1, 0.15) is 43.5 Å². The molecule has 0 aliphatic heterocycles. The minimum absolute atomic E-state index is 0.260. The molecule has 1 aliphatic rings. The number of hydrogen-bond acceptors (Lipinski definition) is 3. The van der Waals surface area contributed by atoms with Crippen molar-refractivity contribution in [3.05, 3.63) is 21.9 Å². The summed E-state index contributed by atoms with van der Waals surface area (Å²) in [6.45, 7) is 3.80. The highest BCUT2D eigenvalue weighted by molar-refractivity contribution is 5.51. The third-order valence-electron chi connectivity index (χ3n) is 3.25. The summed E-state index contributed by atoms with van der Waals surface area (Å²) in [5.41, 5.74) is 2.44. The number of rotatable bonds is 2. The second kappa shape index (κ2) is 4.68. The van der Waals surface area contributed by atoms with E-state index in [-0.39, 0.29) is 5.69 Å². The predicted octanol–water partition coefficient (Wildman–Crippen LogP) is 2.13. The largest absolute Gasteiger partial charge is 0.379 e. The third kappa shape index (κ3) is 2.43. The van der Waals surface area contributed by atoms with Gasteiger partial charge >= 0.3 is 5.69 Å². The molecule has 1 aromatic heterocycles. The van der Waals surface area contributed by atoms with E-state index in [1.807, 2.05) is 13.8 Å². The molecule has 0 aromatic carbocycles. The van der Waals surface area contributed by atoms with E-state index in [0.717, 1.165) is 17.1 Å². The van der Waals surface area contributed by atoms with Crippen LogP contribution in [0.4, 0.5) is 5.69 Å². The number of aromatic nitrogens is 2. The van der Waals surface area contributed by atoms with Crippen LogP contribution < -0.4 is 11.0 Å². The highest BCUT2D eigenvalue weighted by Crippen LogP contribution is 2.23. The molecule has 1 aliphatic carbocycles. The lowest BCUT2D eigenvalue weighted by molar-refractivity contribution is 0.462. The highest BCUT2D eigenvalue weighted by atomic mass is 16.1. The molecule has 1 saturated carbocycles. The number of aryl methyl sites for hydroxylation is 2. The first kappa shape index (κ1) is 11.2. The van der Waals surface area contributed by atoms with Gasteiger partial charge in [-0.2, -0.15) is 4.98 Å². The smallest absolute Gasteiger partial charge is 0.345 e. The van der Waals surface area contributed by atoms with E-state index in [0.29, 0.717) is 6.04 Å². The van der Waals surface area contributed by atoms with Crippen LogP contribution in [0.25, 0.3) is 0 Å². The van der Waals surface area contributed by atoms with Gasteiger partial charge in [0, 0.05) is 11.7 Å². The molecule has 2 rings (SSSR count). The lowest BCUT2D eigenvalue weighted by atomic mass is 9.95. The van der Waals surface area contributed by atoms with Crippen molar-refractivity contribution in [2.24, 2.45) is 0 Å². The molecule has 16 heavy (non-hydrogen) atoms. The molecule has 0 radical (unpaired) electrons. The summed E-state index contributed by atoms with van der Waals surface area (Å²) >= 11 is 0. The highest BCUT2D eigenvalue weighted by Gasteiger charge is 2.15.